The van der Waals surface area contributed by atoms with Gasteiger partial charge in [-0.15, -0.1) is 0 Å². The van der Waals surface area contributed by atoms with Gasteiger partial charge in [0.1, 0.15) is 17.5 Å². The van der Waals surface area contributed by atoms with Gasteiger partial charge in [-0.3, -0.25) is 0 Å². The number of aromatic nitrogens is 1. The lowest BCUT2D eigenvalue weighted by molar-refractivity contribution is -0.104. The van der Waals surface area contributed by atoms with Crippen LogP contribution in [0.3, 0.4) is 0 Å². The van der Waals surface area contributed by atoms with Crippen LogP contribution in [0.15, 0.2) is 47.1 Å². The number of pyridine rings is 1. The summed E-state index contributed by atoms with van der Waals surface area (Å²) in [6.45, 7) is 3.69. The first-order valence-electron chi connectivity index (χ1n) is 6.71. The van der Waals surface area contributed by atoms with E-state index >= 15 is 0 Å². The van der Waals surface area contributed by atoms with Gasteiger partial charge in [0.25, 0.3) is 0 Å². The second-order valence-electron chi connectivity index (χ2n) is 5.54. The van der Waals surface area contributed by atoms with Crippen LogP contribution in [0.1, 0.15) is 25.5 Å². The summed E-state index contributed by atoms with van der Waals surface area (Å²) in [5.41, 5.74) is 0.0714. The third kappa shape index (κ3) is 2.76. The zero-order chi connectivity index (χ0) is 15.0. The molecule has 0 aliphatic carbocycles. The van der Waals surface area contributed by atoms with Crippen molar-refractivity contribution in [1.29, 1.82) is 0 Å². The molecule has 1 aromatic heterocycles. The molecule has 2 unspecified atom stereocenters. The lowest BCUT2D eigenvalue weighted by Crippen LogP contribution is -2.50. The molecule has 2 heterocycles. The van der Waals surface area contributed by atoms with E-state index in [1.54, 1.807) is 12.3 Å². The Kier molecular flexibility index (Phi) is 3.63. The van der Waals surface area contributed by atoms with Gasteiger partial charge >= 0.3 is 0 Å². The predicted octanol–water partition coefficient (Wildman–Crippen LogP) is 3.50. The van der Waals surface area contributed by atoms with E-state index < -0.39 is 17.8 Å². The van der Waals surface area contributed by atoms with Gasteiger partial charge in [-0.05, 0) is 38.1 Å². The summed E-state index contributed by atoms with van der Waals surface area (Å²) in [6.07, 6.45) is 0.325. The SMILES string of the molecule is CC1(C)Oc2ccc(Br)cc2C(Oc2ccccn2)C1O. The third-order valence-corrected chi connectivity index (χ3v) is 4.03. The first-order valence-corrected chi connectivity index (χ1v) is 7.51. The van der Waals surface area contributed by atoms with Crippen molar-refractivity contribution in [3.8, 4) is 11.6 Å². The minimum atomic E-state index is -0.804. The van der Waals surface area contributed by atoms with Crippen molar-refractivity contribution in [2.45, 2.75) is 31.7 Å². The van der Waals surface area contributed by atoms with Crippen LogP contribution in [0.25, 0.3) is 0 Å². The molecule has 0 saturated heterocycles. The van der Waals surface area contributed by atoms with Crippen molar-refractivity contribution >= 4 is 15.9 Å². The Balaban J connectivity index is 2.03. The van der Waals surface area contributed by atoms with Crippen molar-refractivity contribution in [3.05, 3.63) is 52.6 Å². The molecular formula is C16H16BrNO3. The number of aliphatic hydroxyl groups is 1. The molecule has 21 heavy (non-hydrogen) atoms. The summed E-state index contributed by atoms with van der Waals surface area (Å²) in [5, 5.41) is 10.6. The molecule has 1 aliphatic heterocycles. The van der Waals surface area contributed by atoms with Crippen LogP contribution in [0.2, 0.25) is 0 Å². The summed E-state index contributed by atoms with van der Waals surface area (Å²) in [7, 11) is 0. The van der Waals surface area contributed by atoms with Gasteiger partial charge in [0.05, 0.1) is 0 Å². The molecule has 1 aliphatic rings. The smallest absolute Gasteiger partial charge is 0.213 e. The maximum Gasteiger partial charge on any atom is 0.213 e. The zero-order valence-electron chi connectivity index (χ0n) is 11.8. The maximum atomic E-state index is 10.6. The molecule has 3 rings (SSSR count). The number of rotatable bonds is 2. The normalized spacial score (nSPS) is 23.0. The van der Waals surface area contributed by atoms with Gasteiger partial charge in [-0.2, -0.15) is 0 Å². The van der Waals surface area contributed by atoms with E-state index in [2.05, 4.69) is 20.9 Å². The van der Waals surface area contributed by atoms with Crippen molar-refractivity contribution in [3.63, 3.8) is 0 Å². The predicted molar refractivity (Wildman–Crippen MR) is 82.5 cm³/mol. The highest BCUT2D eigenvalue weighted by Gasteiger charge is 2.44. The molecule has 4 nitrogen and oxygen atoms in total. The van der Waals surface area contributed by atoms with Crippen LogP contribution in [-0.4, -0.2) is 21.8 Å². The lowest BCUT2D eigenvalue weighted by atomic mass is 9.88. The Labute approximate surface area is 131 Å². The first-order chi connectivity index (χ1) is 9.97. The van der Waals surface area contributed by atoms with Gasteiger partial charge < -0.3 is 14.6 Å². The maximum absolute atomic E-state index is 10.6. The highest BCUT2D eigenvalue weighted by Crippen LogP contribution is 2.42. The van der Waals surface area contributed by atoms with Crippen molar-refractivity contribution in [2.75, 3.05) is 0 Å². The summed E-state index contributed by atoms with van der Waals surface area (Å²) in [5.74, 6) is 1.19. The average molecular weight is 350 g/mol. The van der Waals surface area contributed by atoms with Crippen LogP contribution in [-0.2, 0) is 0 Å². The number of fused-ring (bicyclic) bond motifs is 1. The number of hydrogen-bond donors (Lipinski definition) is 1. The monoisotopic (exact) mass is 349 g/mol. The van der Waals surface area contributed by atoms with Crippen LogP contribution in [0.5, 0.6) is 11.6 Å². The molecule has 2 atom stereocenters. The van der Waals surface area contributed by atoms with Crippen molar-refractivity contribution in [1.82, 2.24) is 4.98 Å². The molecule has 0 spiro atoms. The topological polar surface area (TPSA) is 51.6 Å². The fourth-order valence-corrected chi connectivity index (χ4v) is 2.77. The molecule has 5 heteroatoms. The van der Waals surface area contributed by atoms with Crippen LogP contribution in [0, 0.1) is 0 Å². The Morgan fingerprint density at radius 3 is 2.81 bits per heavy atom. The number of ether oxygens (including phenoxy) is 2. The number of benzene rings is 1. The molecule has 0 saturated carbocycles. The number of aliphatic hydroxyl groups excluding tert-OH is 1. The molecule has 2 aromatic rings. The van der Waals surface area contributed by atoms with Gasteiger partial charge in [-0.1, -0.05) is 22.0 Å². The Morgan fingerprint density at radius 2 is 2.10 bits per heavy atom. The summed E-state index contributed by atoms with van der Waals surface area (Å²) < 4.78 is 12.7. The van der Waals surface area contributed by atoms with E-state index in [0.29, 0.717) is 5.88 Å². The van der Waals surface area contributed by atoms with E-state index in [9.17, 15) is 5.11 Å². The second-order valence-corrected chi connectivity index (χ2v) is 6.45. The minimum absolute atomic E-state index is 0.477. The Hall–Kier alpha value is -1.59. The molecule has 0 radical (unpaired) electrons. The number of hydrogen-bond acceptors (Lipinski definition) is 4. The standard InChI is InChI=1S/C16H16BrNO3/c1-16(2)15(19)14(20-13-5-3-4-8-18-13)11-9-10(17)6-7-12(11)21-16/h3-9,14-15,19H,1-2H3. The van der Waals surface area contributed by atoms with Gasteiger partial charge in [0.15, 0.2) is 6.10 Å². The minimum Gasteiger partial charge on any atom is -0.485 e. The highest BCUT2D eigenvalue weighted by molar-refractivity contribution is 9.10. The molecule has 0 amide bonds. The molecular weight excluding hydrogens is 334 g/mol. The molecule has 110 valence electrons. The van der Waals surface area contributed by atoms with E-state index in [1.807, 2.05) is 44.2 Å². The Morgan fingerprint density at radius 1 is 1.29 bits per heavy atom. The number of halogens is 1. The van der Waals surface area contributed by atoms with Crippen LogP contribution in [0.4, 0.5) is 0 Å². The van der Waals surface area contributed by atoms with Crippen molar-refractivity contribution < 1.29 is 14.6 Å². The molecule has 0 fully saturated rings. The zero-order valence-corrected chi connectivity index (χ0v) is 13.4. The van der Waals surface area contributed by atoms with Gasteiger partial charge in [0.2, 0.25) is 5.88 Å². The van der Waals surface area contributed by atoms with Crippen LogP contribution < -0.4 is 9.47 Å². The number of nitrogens with zero attached hydrogens (tertiary/aromatic N) is 1. The second kappa shape index (κ2) is 5.31. The third-order valence-electron chi connectivity index (χ3n) is 3.54. The van der Waals surface area contributed by atoms with E-state index in [1.165, 1.54) is 0 Å². The fourth-order valence-electron chi connectivity index (χ4n) is 2.39. The largest absolute Gasteiger partial charge is 0.485 e. The van der Waals surface area contributed by atoms with Crippen LogP contribution >= 0.6 is 15.9 Å². The average Bonchev–Trinajstić information content (AvgIpc) is 2.46. The lowest BCUT2D eigenvalue weighted by Gasteiger charge is -2.41. The molecule has 1 N–H and O–H groups in total. The summed E-state index contributed by atoms with van der Waals surface area (Å²) >= 11 is 3.44. The van der Waals surface area contributed by atoms with E-state index in [4.69, 9.17) is 9.47 Å². The summed E-state index contributed by atoms with van der Waals surface area (Å²) in [6, 6.07) is 11.1. The van der Waals surface area contributed by atoms with E-state index in [-0.39, 0.29) is 0 Å². The van der Waals surface area contributed by atoms with E-state index in [0.717, 1.165) is 15.8 Å². The van der Waals surface area contributed by atoms with Gasteiger partial charge in [-0.25, -0.2) is 4.98 Å². The quantitative estimate of drug-likeness (QED) is 0.901. The summed E-state index contributed by atoms with van der Waals surface area (Å²) in [4.78, 5) is 4.16. The van der Waals surface area contributed by atoms with Crippen molar-refractivity contribution in [2.24, 2.45) is 0 Å². The highest BCUT2D eigenvalue weighted by atomic mass is 79.9. The van der Waals surface area contributed by atoms with Gasteiger partial charge in [0, 0.05) is 22.3 Å². The first kappa shape index (κ1) is 14.4. The fraction of sp³-hybridized carbons (Fsp3) is 0.312. The molecule has 0 bridgehead atoms. The Bertz CT molecular complexity index is 645. The molecule has 1 aromatic carbocycles.